The summed E-state index contributed by atoms with van der Waals surface area (Å²) in [5.41, 5.74) is 7.38. The second-order valence-corrected chi connectivity index (χ2v) is 21.3. The molecular weight excluding hydrogens is 950 g/mol. The molecule has 2 aliphatic heterocycles. The number of nitrogens with one attached hydrogen (secondary N) is 2. The van der Waals surface area contributed by atoms with Crippen LogP contribution in [0.4, 0.5) is 0 Å². The molecule has 1 aliphatic carbocycles. The number of rotatable bonds is 14. The lowest BCUT2D eigenvalue weighted by atomic mass is 9.89. The Bertz CT molecular complexity index is 3190. The zero-order valence-corrected chi connectivity index (χ0v) is 42.9. The number of aliphatic hydroxyl groups is 1. The van der Waals surface area contributed by atoms with E-state index in [4.69, 9.17) is 21.3 Å². The number of carbonyl (C=O) groups excluding carboxylic acids is 3. The highest BCUT2D eigenvalue weighted by atomic mass is 35.5. The van der Waals surface area contributed by atoms with E-state index < -0.39 is 24.2 Å². The number of halogens is 1. The van der Waals surface area contributed by atoms with Crippen LogP contribution in [0.25, 0.3) is 27.5 Å². The van der Waals surface area contributed by atoms with Gasteiger partial charge in [-0.05, 0) is 74.6 Å². The molecule has 3 aromatic carbocycles. The van der Waals surface area contributed by atoms with Gasteiger partial charge in [0.05, 0.1) is 30.5 Å². The standard InChI is InChI=1S/C54H58ClN11O5S/c1-29(2)49(53(70)64-28-41(67)24-45(64)52(69)58-31(4)34-11-13-36(14-12-34)50-56-19-20-63(50)7)65-27-38(26-57-65)37-9-8-10-42(21-37)71-43-22-40(23-43)59-46(68)25-44-51-62-61-33(6)66(51)54-47(30(3)32(5)72-54)48(60-44)35-15-17-39(55)18-16-35/h8-21,26-27,29,31,40-41,43-45,49,67H,22-25,28H2,1-7H3,(H,58,69)(H,59,68)/t31-,40-,41+,43+,44-,45-,49+/m0/s1. The van der Waals surface area contributed by atoms with Gasteiger partial charge in [-0.1, -0.05) is 74.0 Å². The Morgan fingerprint density at radius 3 is 2.40 bits per heavy atom. The normalized spacial score (nSPS) is 20.2. The van der Waals surface area contributed by atoms with Gasteiger partial charge in [0.15, 0.2) is 5.82 Å². The maximum Gasteiger partial charge on any atom is 0.248 e. The summed E-state index contributed by atoms with van der Waals surface area (Å²) in [4.78, 5) is 54.4. The largest absolute Gasteiger partial charge is 0.490 e. The number of fused-ring (bicyclic) bond motifs is 3. The number of aromatic nitrogens is 7. The van der Waals surface area contributed by atoms with E-state index in [9.17, 15) is 19.5 Å². The smallest absolute Gasteiger partial charge is 0.248 e. The molecule has 16 nitrogen and oxygen atoms in total. The maximum atomic E-state index is 14.4. The van der Waals surface area contributed by atoms with Crippen molar-refractivity contribution in [3.05, 3.63) is 141 Å². The fourth-order valence-electron chi connectivity index (χ4n) is 10.1. The van der Waals surface area contributed by atoms with Crippen LogP contribution in [0.15, 0.2) is 103 Å². The molecule has 1 saturated heterocycles. The molecule has 5 atom stereocenters. The Kier molecular flexibility index (Phi) is 13.5. The summed E-state index contributed by atoms with van der Waals surface area (Å²) in [5.74, 6) is 1.99. The van der Waals surface area contributed by atoms with Crippen molar-refractivity contribution in [1.82, 2.24) is 49.6 Å². The average Bonchev–Trinajstić information content (AvgIpc) is 4.19. The minimum Gasteiger partial charge on any atom is -0.490 e. The monoisotopic (exact) mass is 1010 g/mol. The number of aliphatic imine (C=N–C) groups is 1. The van der Waals surface area contributed by atoms with Crippen LogP contribution in [0.2, 0.25) is 5.02 Å². The number of aryl methyl sites for hydroxylation is 3. The van der Waals surface area contributed by atoms with E-state index in [1.807, 2.05) is 129 Å². The fourth-order valence-corrected chi connectivity index (χ4v) is 11.4. The molecule has 3 N–H and O–H groups in total. The third-order valence-corrected chi connectivity index (χ3v) is 15.6. The van der Waals surface area contributed by atoms with Crippen LogP contribution in [0, 0.1) is 26.7 Å². The van der Waals surface area contributed by atoms with Crippen LogP contribution >= 0.6 is 22.9 Å². The SMILES string of the molecule is Cc1sc2c(c1C)C(c1ccc(Cl)cc1)=N[C@@H](CC(=O)N[C@H]1C[C@@H](Oc3cccc(-c4cnn([C@@H](C(=O)N5C[C@H](O)C[C@H]5C(=O)N[C@@H](C)c5ccc(-c6nccn6C)cc5)C(C)C)c4)c3)C1)c1nnc(C)n1-2. The molecule has 72 heavy (non-hydrogen) atoms. The predicted octanol–water partition coefficient (Wildman–Crippen LogP) is 8.22. The average molecular weight is 1010 g/mol. The minimum atomic E-state index is -0.841. The summed E-state index contributed by atoms with van der Waals surface area (Å²) in [6, 6.07) is 20.7. The van der Waals surface area contributed by atoms with E-state index in [1.165, 1.54) is 9.78 Å². The van der Waals surface area contributed by atoms with Crippen molar-refractivity contribution in [2.24, 2.45) is 18.0 Å². The lowest BCUT2D eigenvalue weighted by molar-refractivity contribution is -0.142. The van der Waals surface area contributed by atoms with Crippen molar-refractivity contribution in [2.45, 2.75) is 110 Å². The Morgan fingerprint density at radius 2 is 1.68 bits per heavy atom. The molecular formula is C54H58ClN11O5S. The summed E-state index contributed by atoms with van der Waals surface area (Å²) >= 11 is 7.96. The van der Waals surface area contributed by atoms with Gasteiger partial charge < -0.3 is 29.9 Å². The van der Waals surface area contributed by atoms with Crippen LogP contribution < -0.4 is 15.4 Å². The molecule has 0 radical (unpaired) electrons. The first-order valence-electron chi connectivity index (χ1n) is 24.4. The molecule has 3 amide bonds. The van der Waals surface area contributed by atoms with Gasteiger partial charge >= 0.3 is 0 Å². The molecule has 0 spiro atoms. The van der Waals surface area contributed by atoms with Crippen LogP contribution in [0.3, 0.4) is 0 Å². The van der Waals surface area contributed by atoms with E-state index >= 15 is 0 Å². The number of benzene rings is 3. The van der Waals surface area contributed by atoms with Crippen LogP contribution in [-0.4, -0.2) is 98.4 Å². The fraction of sp³-hybridized carbons (Fsp3) is 0.370. The third-order valence-electron chi connectivity index (χ3n) is 14.2. The molecule has 18 heteroatoms. The topological polar surface area (TPSA) is 187 Å². The molecule has 0 unspecified atom stereocenters. The first kappa shape index (κ1) is 48.7. The number of aliphatic hydroxyl groups excluding tert-OH is 1. The Labute approximate surface area is 427 Å². The zero-order chi connectivity index (χ0) is 50.5. The number of imidazole rings is 1. The molecule has 372 valence electrons. The number of hydrogen-bond donors (Lipinski definition) is 3. The van der Waals surface area contributed by atoms with E-state index in [0.29, 0.717) is 29.4 Å². The summed E-state index contributed by atoms with van der Waals surface area (Å²) in [6.45, 7) is 12.0. The number of nitrogens with zero attached hydrogens (tertiary/aromatic N) is 9. The number of carbonyl (C=O) groups is 3. The maximum absolute atomic E-state index is 14.4. The van der Waals surface area contributed by atoms with Crippen LogP contribution in [0.5, 0.6) is 5.75 Å². The number of thiophene rings is 1. The molecule has 10 rings (SSSR count). The summed E-state index contributed by atoms with van der Waals surface area (Å²) < 4.78 is 12.1. The van der Waals surface area contributed by atoms with Crippen molar-refractivity contribution in [2.75, 3.05) is 6.54 Å². The van der Waals surface area contributed by atoms with Gasteiger partial charge in [0.2, 0.25) is 17.7 Å². The number of β-amino-alcohol motifs (C(OH)–C–C–N with tert-alkyl or cyclic N) is 1. The van der Waals surface area contributed by atoms with Crippen LogP contribution in [0.1, 0.15) is 103 Å². The van der Waals surface area contributed by atoms with Crippen molar-refractivity contribution >= 4 is 46.4 Å². The van der Waals surface area contributed by atoms with Crippen molar-refractivity contribution in [3.63, 3.8) is 0 Å². The lowest BCUT2D eigenvalue weighted by Gasteiger charge is -2.36. The van der Waals surface area contributed by atoms with E-state index in [-0.39, 0.29) is 61.2 Å². The zero-order valence-electron chi connectivity index (χ0n) is 41.3. The highest BCUT2D eigenvalue weighted by Crippen LogP contribution is 2.40. The molecule has 7 aromatic rings. The molecule has 1 saturated carbocycles. The first-order chi connectivity index (χ1) is 34.6. The Balaban J connectivity index is 0.762. The van der Waals surface area contributed by atoms with Gasteiger partial charge in [0.1, 0.15) is 46.6 Å². The van der Waals surface area contributed by atoms with Crippen molar-refractivity contribution in [3.8, 4) is 33.3 Å². The summed E-state index contributed by atoms with van der Waals surface area (Å²) in [5, 5.41) is 32.4. The number of ether oxygens (including phenoxy) is 1. The van der Waals surface area contributed by atoms with E-state index in [1.54, 1.807) is 28.4 Å². The molecule has 6 heterocycles. The Hall–Kier alpha value is -6.95. The van der Waals surface area contributed by atoms with Gasteiger partial charge in [-0.25, -0.2) is 4.98 Å². The number of likely N-dealkylation sites (tertiary alicyclic amines) is 1. The Morgan fingerprint density at radius 1 is 0.931 bits per heavy atom. The third kappa shape index (κ3) is 9.60. The molecule has 2 fully saturated rings. The minimum absolute atomic E-state index is 0.0484. The van der Waals surface area contributed by atoms with E-state index in [0.717, 1.165) is 61.3 Å². The summed E-state index contributed by atoms with van der Waals surface area (Å²) in [6.07, 6.45) is 7.80. The molecule has 0 bridgehead atoms. The number of hydrogen-bond acceptors (Lipinski definition) is 11. The lowest BCUT2D eigenvalue weighted by Crippen LogP contribution is -2.49. The highest BCUT2D eigenvalue weighted by molar-refractivity contribution is 7.15. The van der Waals surface area contributed by atoms with Gasteiger partial charge in [-0.2, -0.15) is 5.10 Å². The number of amides is 3. The summed E-state index contributed by atoms with van der Waals surface area (Å²) in [7, 11) is 1.94. The second kappa shape index (κ2) is 19.9. The predicted molar refractivity (Wildman–Crippen MR) is 276 cm³/mol. The molecule has 4 aromatic heterocycles. The van der Waals surface area contributed by atoms with Crippen molar-refractivity contribution in [1.29, 1.82) is 0 Å². The van der Waals surface area contributed by atoms with Gasteiger partial charge in [-0.3, -0.25) is 28.6 Å². The molecule has 3 aliphatic rings. The quantitative estimate of drug-likeness (QED) is 0.0966. The second-order valence-electron chi connectivity index (χ2n) is 19.6. The van der Waals surface area contributed by atoms with E-state index in [2.05, 4.69) is 44.8 Å². The van der Waals surface area contributed by atoms with Gasteiger partial charge in [0.25, 0.3) is 0 Å². The van der Waals surface area contributed by atoms with Crippen molar-refractivity contribution < 1.29 is 24.2 Å². The van der Waals surface area contributed by atoms with Crippen LogP contribution in [-0.2, 0) is 21.4 Å². The van der Waals surface area contributed by atoms with Gasteiger partial charge in [0, 0.05) is 89.6 Å². The highest BCUT2D eigenvalue weighted by Gasteiger charge is 2.43. The first-order valence-corrected chi connectivity index (χ1v) is 25.6. The van der Waals surface area contributed by atoms with Gasteiger partial charge in [-0.15, -0.1) is 21.5 Å².